The molecule has 3 fully saturated rings. The van der Waals surface area contributed by atoms with Gasteiger partial charge in [0.2, 0.25) is 5.91 Å². The number of urea groups is 1. The highest BCUT2D eigenvalue weighted by Gasteiger charge is 2.52. The Morgan fingerprint density at radius 1 is 1.24 bits per heavy atom. The van der Waals surface area contributed by atoms with Gasteiger partial charge in [-0.2, -0.15) is 0 Å². The molecule has 0 aromatic heterocycles. The summed E-state index contributed by atoms with van der Waals surface area (Å²) in [7, 11) is 0. The molecular weight excluding hydrogens is 438 g/mol. The summed E-state index contributed by atoms with van der Waals surface area (Å²) in [5.74, 6) is 0.0884. The summed E-state index contributed by atoms with van der Waals surface area (Å²) in [6.07, 6.45) is 2.90. The molecule has 4 rings (SSSR count). The zero-order chi connectivity index (χ0) is 20.6. The van der Waals surface area contributed by atoms with Gasteiger partial charge in [0.15, 0.2) is 0 Å². The lowest BCUT2D eigenvalue weighted by molar-refractivity contribution is -0.144. The van der Waals surface area contributed by atoms with E-state index in [1.54, 1.807) is 4.90 Å². The fraction of sp³-hybridized carbons (Fsp3) is 0.571. The quantitative estimate of drug-likeness (QED) is 0.698. The predicted molar refractivity (Wildman–Crippen MR) is 110 cm³/mol. The van der Waals surface area contributed by atoms with Crippen molar-refractivity contribution in [2.24, 2.45) is 5.92 Å². The van der Waals surface area contributed by atoms with Gasteiger partial charge < -0.3 is 15.0 Å². The van der Waals surface area contributed by atoms with Crippen LogP contribution in [0, 0.1) is 5.92 Å². The summed E-state index contributed by atoms with van der Waals surface area (Å²) in [5.41, 5.74) is 0.186. The van der Waals surface area contributed by atoms with E-state index in [1.165, 1.54) is 0 Å². The van der Waals surface area contributed by atoms with Crippen LogP contribution >= 0.6 is 15.9 Å². The number of hydrogen-bond donors (Lipinski definition) is 1. The number of nitrogens with one attached hydrogen (secondary N) is 1. The molecule has 8 heteroatoms. The molecule has 1 unspecified atom stereocenters. The molecule has 1 aromatic carbocycles. The van der Waals surface area contributed by atoms with Crippen LogP contribution in [0.2, 0.25) is 0 Å². The van der Waals surface area contributed by atoms with Gasteiger partial charge in [-0.05, 0) is 49.3 Å². The van der Waals surface area contributed by atoms with Crippen molar-refractivity contribution in [3.63, 3.8) is 0 Å². The van der Waals surface area contributed by atoms with Crippen molar-refractivity contribution < 1.29 is 19.1 Å². The van der Waals surface area contributed by atoms with Crippen molar-refractivity contribution in [3.8, 4) is 0 Å². The number of amides is 4. The van der Waals surface area contributed by atoms with E-state index in [1.807, 2.05) is 24.3 Å². The van der Waals surface area contributed by atoms with E-state index in [-0.39, 0.29) is 24.5 Å². The van der Waals surface area contributed by atoms with E-state index in [4.69, 9.17) is 4.74 Å². The average Bonchev–Trinajstić information content (AvgIpc) is 2.95. The van der Waals surface area contributed by atoms with Gasteiger partial charge in [-0.25, -0.2) is 4.79 Å². The minimum Gasteiger partial charge on any atom is -0.370 e. The molecule has 7 nitrogen and oxygen atoms in total. The summed E-state index contributed by atoms with van der Waals surface area (Å²) in [6, 6.07) is 7.37. The molecule has 156 valence electrons. The first-order chi connectivity index (χ1) is 13.9. The van der Waals surface area contributed by atoms with Crippen LogP contribution in [-0.2, 0) is 14.3 Å². The summed E-state index contributed by atoms with van der Waals surface area (Å²) >= 11 is 3.42. The third-order valence-electron chi connectivity index (χ3n) is 6.33. The van der Waals surface area contributed by atoms with Gasteiger partial charge in [0.1, 0.15) is 18.2 Å². The lowest BCUT2D eigenvalue weighted by Gasteiger charge is -2.35. The molecular formula is C21H26BrN3O4. The highest BCUT2D eigenvalue weighted by atomic mass is 79.9. The Bertz CT molecular complexity index is 805. The number of imide groups is 1. The number of rotatable bonds is 3. The Morgan fingerprint density at radius 3 is 2.62 bits per heavy atom. The molecule has 1 saturated carbocycles. The molecule has 1 spiro atoms. The lowest BCUT2D eigenvalue weighted by Crippen LogP contribution is -2.50. The van der Waals surface area contributed by atoms with Crippen LogP contribution in [0.1, 0.15) is 44.3 Å². The molecule has 2 heterocycles. The van der Waals surface area contributed by atoms with Gasteiger partial charge in [0.05, 0.1) is 13.2 Å². The second-order valence-electron chi connectivity index (χ2n) is 8.34. The standard InChI is InChI=1S/C21H26BrN3O4/c1-14-6-8-21(9-7-14)19(27)25(20(28)23-21)13-18(26)24-10-11-29-17(12-24)15-2-4-16(22)5-3-15/h2-5,14,17H,6-13H2,1H3,(H,23,28). The van der Waals surface area contributed by atoms with Crippen molar-refractivity contribution in [1.29, 1.82) is 0 Å². The van der Waals surface area contributed by atoms with Crippen LogP contribution in [0.15, 0.2) is 28.7 Å². The maximum Gasteiger partial charge on any atom is 0.325 e. The van der Waals surface area contributed by atoms with Gasteiger partial charge >= 0.3 is 6.03 Å². The van der Waals surface area contributed by atoms with Gasteiger partial charge in [-0.1, -0.05) is 35.0 Å². The number of nitrogens with zero attached hydrogens (tertiary/aromatic N) is 2. The molecule has 0 bridgehead atoms. The van der Waals surface area contributed by atoms with E-state index < -0.39 is 11.6 Å². The first-order valence-electron chi connectivity index (χ1n) is 10.2. The van der Waals surface area contributed by atoms with Gasteiger partial charge in [0.25, 0.3) is 5.91 Å². The minimum absolute atomic E-state index is 0.213. The summed E-state index contributed by atoms with van der Waals surface area (Å²) in [5, 5.41) is 2.88. The van der Waals surface area contributed by atoms with E-state index in [0.29, 0.717) is 38.5 Å². The Morgan fingerprint density at radius 2 is 1.93 bits per heavy atom. The maximum atomic E-state index is 13.0. The average molecular weight is 464 g/mol. The van der Waals surface area contributed by atoms with Crippen LogP contribution < -0.4 is 5.32 Å². The molecule has 3 aliphatic rings. The third kappa shape index (κ3) is 4.05. The first-order valence-corrected chi connectivity index (χ1v) is 11.0. The normalized spacial score (nSPS) is 30.0. The largest absolute Gasteiger partial charge is 0.370 e. The third-order valence-corrected chi connectivity index (χ3v) is 6.86. The summed E-state index contributed by atoms with van der Waals surface area (Å²) in [6.45, 7) is 3.24. The SMILES string of the molecule is CC1CCC2(CC1)NC(=O)N(CC(=O)N1CCOC(c3ccc(Br)cc3)C1)C2=O. The van der Waals surface area contributed by atoms with Crippen LogP contribution in [0.4, 0.5) is 4.79 Å². The van der Waals surface area contributed by atoms with Crippen molar-refractivity contribution in [2.45, 2.75) is 44.2 Å². The smallest absolute Gasteiger partial charge is 0.325 e. The fourth-order valence-corrected chi connectivity index (χ4v) is 4.67. The summed E-state index contributed by atoms with van der Waals surface area (Å²) < 4.78 is 6.81. The van der Waals surface area contributed by atoms with Crippen molar-refractivity contribution >= 4 is 33.8 Å². The predicted octanol–water partition coefficient (Wildman–Crippen LogP) is 2.85. The molecule has 1 atom stereocenters. The Hall–Kier alpha value is -1.93. The fourth-order valence-electron chi connectivity index (χ4n) is 4.40. The zero-order valence-corrected chi connectivity index (χ0v) is 18.1. The molecule has 29 heavy (non-hydrogen) atoms. The number of morpholine rings is 1. The molecule has 2 saturated heterocycles. The van der Waals surface area contributed by atoms with E-state index >= 15 is 0 Å². The first kappa shape index (κ1) is 20.3. The second-order valence-corrected chi connectivity index (χ2v) is 9.25. The number of halogens is 1. The van der Waals surface area contributed by atoms with Crippen molar-refractivity contribution in [1.82, 2.24) is 15.1 Å². The van der Waals surface area contributed by atoms with Gasteiger partial charge in [-0.3, -0.25) is 14.5 Å². The van der Waals surface area contributed by atoms with Crippen molar-refractivity contribution in [3.05, 3.63) is 34.3 Å². The van der Waals surface area contributed by atoms with Crippen molar-refractivity contribution in [2.75, 3.05) is 26.2 Å². The van der Waals surface area contributed by atoms with Crippen LogP contribution in [0.3, 0.4) is 0 Å². The van der Waals surface area contributed by atoms with Crippen LogP contribution in [0.5, 0.6) is 0 Å². The van der Waals surface area contributed by atoms with Crippen LogP contribution in [-0.4, -0.2) is 59.4 Å². The van der Waals surface area contributed by atoms with Gasteiger partial charge in [0, 0.05) is 11.0 Å². The minimum atomic E-state index is -0.811. The summed E-state index contributed by atoms with van der Waals surface area (Å²) in [4.78, 5) is 41.1. The maximum absolute atomic E-state index is 13.0. The highest BCUT2D eigenvalue weighted by Crippen LogP contribution is 2.36. The van der Waals surface area contributed by atoms with E-state index in [2.05, 4.69) is 28.2 Å². The van der Waals surface area contributed by atoms with Crippen LogP contribution in [0.25, 0.3) is 0 Å². The number of benzene rings is 1. The molecule has 1 aliphatic carbocycles. The molecule has 1 aromatic rings. The molecule has 0 radical (unpaired) electrons. The number of hydrogen-bond acceptors (Lipinski definition) is 4. The number of ether oxygens (including phenoxy) is 1. The highest BCUT2D eigenvalue weighted by molar-refractivity contribution is 9.10. The lowest BCUT2D eigenvalue weighted by atomic mass is 9.77. The Kier molecular flexibility index (Phi) is 5.66. The Balaban J connectivity index is 1.40. The van der Waals surface area contributed by atoms with E-state index in [0.717, 1.165) is 27.8 Å². The molecule has 1 N–H and O–H groups in total. The van der Waals surface area contributed by atoms with Gasteiger partial charge in [-0.15, -0.1) is 0 Å². The topological polar surface area (TPSA) is 79.0 Å². The Labute approximate surface area is 178 Å². The zero-order valence-electron chi connectivity index (χ0n) is 16.5. The molecule has 4 amide bonds. The number of carbonyl (C=O) groups excluding carboxylic acids is 3. The van der Waals surface area contributed by atoms with E-state index in [9.17, 15) is 14.4 Å². The number of carbonyl (C=O) groups is 3. The second kappa shape index (κ2) is 8.07. The monoisotopic (exact) mass is 463 g/mol. The molecule has 2 aliphatic heterocycles.